The third-order valence-corrected chi connectivity index (χ3v) is 12.5. The van der Waals surface area contributed by atoms with Crippen molar-refractivity contribution in [3.63, 3.8) is 0 Å². The van der Waals surface area contributed by atoms with Crippen LogP contribution in [0.5, 0.6) is 5.75 Å². The van der Waals surface area contributed by atoms with E-state index in [4.69, 9.17) is 18.2 Å². The summed E-state index contributed by atoms with van der Waals surface area (Å²) in [5.74, 6) is 0.595. The smallest absolute Gasteiger partial charge is 0.149 e. The van der Waals surface area contributed by atoms with Gasteiger partial charge < -0.3 is 5.11 Å². The minimum Gasteiger partial charge on any atom is -0.507 e. The highest BCUT2D eigenvalue weighted by molar-refractivity contribution is 5.99. The number of fused-ring (bicyclic) bond motifs is 1. The monoisotopic (exact) mass is 861 g/mol. The van der Waals surface area contributed by atoms with Crippen LogP contribution in [-0.4, -0.2) is 19.6 Å². The molecule has 2 aromatic heterocycles. The Bertz CT molecular complexity index is 3650. The number of hydrogen-bond donors (Lipinski definition) is 1. The molecular weight excluding hydrogens is 803 g/mol. The molecule has 0 atom stereocenters. The summed E-state index contributed by atoms with van der Waals surface area (Å²) in [7, 11) is 0. The minimum atomic E-state index is -2.46. The van der Waals surface area contributed by atoms with Crippen molar-refractivity contribution >= 4 is 11.0 Å². The molecule has 4 nitrogen and oxygen atoms in total. The van der Waals surface area contributed by atoms with Gasteiger partial charge in [-0.05, 0) is 154 Å². The zero-order valence-electron chi connectivity index (χ0n) is 43.7. The lowest BCUT2D eigenvalue weighted by molar-refractivity contribution is 0.472. The molecular formula is C62H53N3O. The van der Waals surface area contributed by atoms with E-state index < -0.39 is 13.7 Å². The van der Waals surface area contributed by atoms with Crippen molar-refractivity contribution in [2.24, 2.45) is 0 Å². The third kappa shape index (κ3) is 8.01. The number of nitrogens with zero attached hydrogens (tertiary/aromatic N) is 3. The highest BCUT2D eigenvalue weighted by atomic mass is 16.3. The molecule has 0 fully saturated rings. The van der Waals surface area contributed by atoms with Crippen LogP contribution in [0.3, 0.4) is 0 Å². The van der Waals surface area contributed by atoms with E-state index in [2.05, 4.69) is 86.0 Å². The lowest BCUT2D eigenvalue weighted by atomic mass is 9.85. The fraction of sp³-hybridized carbons (Fsp3) is 0.129. The molecule has 0 aliphatic carbocycles. The summed E-state index contributed by atoms with van der Waals surface area (Å²) in [6.07, 6.45) is 1.78. The normalized spacial score (nSPS) is 13.3. The first kappa shape index (κ1) is 35.5. The second-order valence-electron chi connectivity index (χ2n) is 18.2. The van der Waals surface area contributed by atoms with Crippen LogP contribution >= 0.6 is 0 Å². The molecule has 0 bridgehead atoms. The van der Waals surface area contributed by atoms with E-state index >= 15 is 0 Å². The Hall–Kier alpha value is -7.82. The largest absolute Gasteiger partial charge is 0.507 e. The van der Waals surface area contributed by atoms with E-state index in [0.717, 1.165) is 72.4 Å². The molecule has 0 saturated heterocycles. The van der Waals surface area contributed by atoms with E-state index in [1.165, 1.54) is 0 Å². The SMILES string of the molecule is [2H]C([2H])([2H])c1ccc(-c2ccnc(-c3cc(-c4ccccc4)cc(-c4cccc5c4nc(-c4cc(C)cc(C)c4O)n5-c4cc(-c5ccccc5)c(C([2H])([2H])[2H])cc4-c4ccc(C(C)(C)C)cc4)c3)c2)cc1. The molecule has 322 valence electrons. The van der Waals surface area contributed by atoms with Crippen molar-refractivity contribution < 1.29 is 13.3 Å². The quantitative estimate of drug-likeness (QED) is 0.166. The van der Waals surface area contributed by atoms with E-state index in [9.17, 15) is 5.11 Å². The van der Waals surface area contributed by atoms with Gasteiger partial charge in [0.05, 0.1) is 28.0 Å². The van der Waals surface area contributed by atoms with Crippen molar-refractivity contribution in [1.29, 1.82) is 0 Å². The topological polar surface area (TPSA) is 50.9 Å². The Morgan fingerprint density at radius 3 is 1.86 bits per heavy atom. The Morgan fingerprint density at radius 1 is 0.485 bits per heavy atom. The molecule has 2 heterocycles. The van der Waals surface area contributed by atoms with Crippen molar-refractivity contribution in [3.8, 4) is 89.7 Å². The van der Waals surface area contributed by atoms with E-state index in [1.807, 2.05) is 123 Å². The lowest BCUT2D eigenvalue weighted by Crippen LogP contribution is -2.10. The molecule has 0 amide bonds. The van der Waals surface area contributed by atoms with Crippen LogP contribution in [0.25, 0.3) is 95.0 Å². The summed E-state index contributed by atoms with van der Waals surface area (Å²) < 4.78 is 52.4. The van der Waals surface area contributed by atoms with Gasteiger partial charge in [-0.15, -0.1) is 0 Å². The van der Waals surface area contributed by atoms with Crippen LogP contribution in [0.1, 0.15) is 56.8 Å². The maximum atomic E-state index is 12.1. The number of aryl methyl sites for hydroxylation is 4. The molecule has 0 saturated carbocycles. The maximum Gasteiger partial charge on any atom is 0.149 e. The van der Waals surface area contributed by atoms with Crippen molar-refractivity contribution in [1.82, 2.24) is 14.5 Å². The Balaban J connectivity index is 1.26. The molecule has 10 aromatic rings. The second-order valence-corrected chi connectivity index (χ2v) is 18.2. The van der Waals surface area contributed by atoms with Crippen LogP contribution in [0.2, 0.25) is 0 Å². The Morgan fingerprint density at radius 2 is 1.15 bits per heavy atom. The van der Waals surface area contributed by atoms with Crippen LogP contribution in [-0.2, 0) is 5.41 Å². The number of hydrogen-bond acceptors (Lipinski definition) is 3. The van der Waals surface area contributed by atoms with Gasteiger partial charge in [0, 0.05) is 31.1 Å². The van der Waals surface area contributed by atoms with Crippen LogP contribution in [0.4, 0.5) is 0 Å². The van der Waals surface area contributed by atoms with Gasteiger partial charge in [0.25, 0.3) is 0 Å². The summed E-state index contributed by atoms with van der Waals surface area (Å²) >= 11 is 0. The summed E-state index contributed by atoms with van der Waals surface area (Å²) in [5.41, 5.74) is 15.8. The molecule has 0 aliphatic heterocycles. The molecule has 66 heavy (non-hydrogen) atoms. The summed E-state index contributed by atoms with van der Waals surface area (Å²) in [6, 6.07) is 59.3. The third-order valence-electron chi connectivity index (χ3n) is 12.5. The number of imidazole rings is 1. The van der Waals surface area contributed by atoms with Crippen LogP contribution < -0.4 is 0 Å². The number of phenols is 1. The van der Waals surface area contributed by atoms with Gasteiger partial charge in [0.15, 0.2) is 0 Å². The van der Waals surface area contributed by atoms with E-state index in [-0.39, 0.29) is 22.3 Å². The molecule has 0 radical (unpaired) electrons. The van der Waals surface area contributed by atoms with Gasteiger partial charge in [-0.25, -0.2) is 4.98 Å². The Kier molecular flexibility index (Phi) is 9.12. The lowest BCUT2D eigenvalue weighted by Gasteiger charge is -2.21. The summed E-state index contributed by atoms with van der Waals surface area (Å²) in [5, 5.41) is 12.1. The summed E-state index contributed by atoms with van der Waals surface area (Å²) in [4.78, 5) is 10.4. The Labute approximate surface area is 397 Å². The predicted octanol–water partition coefficient (Wildman–Crippen LogP) is 16.3. The highest BCUT2D eigenvalue weighted by Crippen LogP contribution is 2.44. The van der Waals surface area contributed by atoms with Crippen LogP contribution in [0.15, 0.2) is 188 Å². The number of phenolic OH excluding ortho intramolecular Hbond substituents is 1. The number of aromatic hydroxyl groups is 1. The molecule has 1 N–H and O–H groups in total. The number of aromatic nitrogens is 3. The first-order valence-corrected chi connectivity index (χ1v) is 22.3. The molecule has 0 unspecified atom stereocenters. The zero-order valence-corrected chi connectivity index (χ0v) is 37.7. The standard InChI is InChI=1S/C62H53N3O/c1-39-21-23-44(24-22-39)47-29-30-63-56(37-47)50-35-48(43-15-10-8-11-16-43)34-49(36-50)52-19-14-20-57-59(52)64-61(55-32-40(2)31-42(4)60(55)66)65(57)58-38-53(45-17-12-9-13-18-45)41(3)33-54(58)46-25-27-51(28-26-46)62(5,6)7/h8-38,66H,1-7H3/i1D3,3D3. The number of rotatable bonds is 8. The number of pyridine rings is 1. The predicted molar refractivity (Wildman–Crippen MR) is 276 cm³/mol. The van der Waals surface area contributed by atoms with Gasteiger partial charge in [-0.1, -0.05) is 154 Å². The molecule has 0 spiro atoms. The molecule has 0 aliphatic rings. The van der Waals surface area contributed by atoms with Crippen molar-refractivity contribution in [3.05, 3.63) is 216 Å². The van der Waals surface area contributed by atoms with Gasteiger partial charge >= 0.3 is 0 Å². The first-order valence-electron chi connectivity index (χ1n) is 25.3. The fourth-order valence-corrected chi connectivity index (χ4v) is 9.06. The molecule has 10 rings (SSSR count). The number of benzene rings is 8. The first-order chi connectivity index (χ1) is 34.3. The van der Waals surface area contributed by atoms with E-state index in [1.54, 1.807) is 18.3 Å². The van der Waals surface area contributed by atoms with Crippen LogP contribution in [0, 0.1) is 27.6 Å². The zero-order chi connectivity index (χ0) is 50.7. The van der Waals surface area contributed by atoms with E-state index in [0.29, 0.717) is 39.3 Å². The molecule has 4 heteroatoms. The second kappa shape index (κ2) is 17.0. The number of para-hydroxylation sites is 1. The fourth-order valence-electron chi connectivity index (χ4n) is 9.06. The maximum absolute atomic E-state index is 12.1. The van der Waals surface area contributed by atoms with Gasteiger partial charge in [0.2, 0.25) is 0 Å². The average Bonchev–Trinajstić information content (AvgIpc) is 3.76. The van der Waals surface area contributed by atoms with Gasteiger partial charge in [0.1, 0.15) is 11.6 Å². The van der Waals surface area contributed by atoms with Crippen molar-refractivity contribution in [2.45, 2.75) is 53.7 Å². The van der Waals surface area contributed by atoms with Gasteiger partial charge in [-0.3, -0.25) is 9.55 Å². The summed E-state index contributed by atoms with van der Waals surface area (Å²) in [6.45, 7) is 5.74. The highest BCUT2D eigenvalue weighted by Gasteiger charge is 2.25. The van der Waals surface area contributed by atoms with Crippen molar-refractivity contribution in [2.75, 3.05) is 0 Å². The molecule has 8 aromatic carbocycles. The average molecular weight is 862 g/mol. The minimum absolute atomic E-state index is 0.101. The van der Waals surface area contributed by atoms with Gasteiger partial charge in [-0.2, -0.15) is 0 Å².